The molecule has 1 atom stereocenters. The number of nitrogens with zero attached hydrogens (tertiary/aromatic N) is 2. The lowest BCUT2D eigenvalue weighted by molar-refractivity contribution is -0.127. The largest absolute Gasteiger partial charge is 0.329 e. The third kappa shape index (κ3) is 3.00. The van der Waals surface area contributed by atoms with Crippen LogP contribution in [0.1, 0.15) is 26.0 Å². The summed E-state index contributed by atoms with van der Waals surface area (Å²) in [5.41, 5.74) is 1.94. The molecule has 0 bridgehead atoms. The van der Waals surface area contributed by atoms with Gasteiger partial charge in [-0.05, 0) is 58.3 Å². The molecule has 158 valence electrons. The summed E-state index contributed by atoms with van der Waals surface area (Å²) < 4.78 is 29.4. The topological polar surface area (TPSA) is 81.1 Å². The quantitative estimate of drug-likeness (QED) is 0.578. The molecule has 1 fully saturated rings. The maximum atomic E-state index is 13.7. The average Bonchev–Trinajstić information content (AvgIpc) is 3.25. The first-order valence-electron chi connectivity index (χ1n) is 9.91. The Morgan fingerprint density at radius 1 is 1.19 bits per heavy atom. The van der Waals surface area contributed by atoms with Crippen molar-refractivity contribution in [2.45, 2.75) is 25.2 Å². The standard InChI is InChI=1S/C23H20BrN3O3S/c1-23(2)17-9-8-14(12-19(17)26-22(23)28)20-13-16-18(24)10-11-25-21(16)27(20)31(29,30)15-6-4-3-5-7-15/h3-8,10-13,17H,9H2,1-2H3,(H,26,28). The van der Waals surface area contributed by atoms with Crippen LogP contribution < -0.4 is 5.32 Å². The van der Waals surface area contributed by atoms with E-state index >= 15 is 0 Å². The number of nitrogens with one attached hydrogen (secondary N) is 1. The Morgan fingerprint density at radius 3 is 2.68 bits per heavy atom. The number of carbonyl (C=O) groups is 1. The van der Waals surface area contributed by atoms with Crippen LogP contribution in [0.4, 0.5) is 0 Å². The summed E-state index contributed by atoms with van der Waals surface area (Å²) in [4.78, 5) is 17.0. The second-order valence-corrected chi connectivity index (χ2v) is 11.0. The molecule has 6 nitrogen and oxygen atoms in total. The predicted molar refractivity (Wildman–Crippen MR) is 123 cm³/mol. The number of halogens is 1. The molecule has 1 saturated heterocycles. The van der Waals surface area contributed by atoms with Crippen LogP contribution in [-0.4, -0.2) is 23.3 Å². The minimum absolute atomic E-state index is 0.0136. The normalized spacial score (nSPS) is 20.2. The van der Waals surface area contributed by atoms with Gasteiger partial charge in [0.25, 0.3) is 10.0 Å². The number of fused-ring (bicyclic) bond motifs is 2. The zero-order valence-corrected chi connectivity index (χ0v) is 19.4. The molecule has 2 aromatic heterocycles. The molecule has 0 saturated carbocycles. The van der Waals surface area contributed by atoms with Crippen molar-refractivity contribution < 1.29 is 13.2 Å². The van der Waals surface area contributed by atoms with Gasteiger partial charge in [-0.1, -0.05) is 38.1 Å². The third-order valence-electron chi connectivity index (χ3n) is 6.16. The molecular formula is C23H20BrN3O3S. The number of allylic oxidation sites excluding steroid dienone is 4. The first kappa shape index (κ1) is 20.2. The minimum Gasteiger partial charge on any atom is -0.329 e. The van der Waals surface area contributed by atoms with Crippen LogP contribution in [-0.2, 0) is 14.8 Å². The highest BCUT2D eigenvalue weighted by Gasteiger charge is 2.46. The summed E-state index contributed by atoms with van der Waals surface area (Å²) in [6.07, 6.45) is 6.13. The van der Waals surface area contributed by atoms with Gasteiger partial charge < -0.3 is 5.32 Å². The van der Waals surface area contributed by atoms with Crippen LogP contribution in [0, 0.1) is 11.3 Å². The first-order chi connectivity index (χ1) is 14.7. The molecule has 31 heavy (non-hydrogen) atoms. The second kappa shape index (κ2) is 6.90. The zero-order valence-electron chi connectivity index (χ0n) is 17.0. The van der Waals surface area contributed by atoms with E-state index in [4.69, 9.17) is 0 Å². The van der Waals surface area contributed by atoms with Gasteiger partial charge in [-0.3, -0.25) is 4.79 Å². The molecule has 1 aliphatic heterocycles. The van der Waals surface area contributed by atoms with Crippen molar-refractivity contribution >= 4 is 48.5 Å². The van der Waals surface area contributed by atoms with Crippen molar-refractivity contribution in [3.05, 3.63) is 76.7 Å². The van der Waals surface area contributed by atoms with E-state index in [9.17, 15) is 13.2 Å². The fourth-order valence-electron chi connectivity index (χ4n) is 4.32. The van der Waals surface area contributed by atoms with Gasteiger partial charge in [-0.2, -0.15) is 0 Å². The number of rotatable bonds is 3. The summed E-state index contributed by atoms with van der Waals surface area (Å²) in [6, 6.07) is 11.9. The van der Waals surface area contributed by atoms with Crippen molar-refractivity contribution in [3.8, 4) is 0 Å². The first-order valence-corrected chi connectivity index (χ1v) is 12.1. The van der Waals surface area contributed by atoms with Gasteiger partial charge in [0.05, 0.1) is 16.0 Å². The highest BCUT2D eigenvalue weighted by Crippen LogP contribution is 2.45. The highest BCUT2D eigenvalue weighted by atomic mass is 79.9. The fourth-order valence-corrected chi connectivity index (χ4v) is 6.23. The molecule has 0 radical (unpaired) electrons. The zero-order chi connectivity index (χ0) is 22.0. The van der Waals surface area contributed by atoms with Gasteiger partial charge in [0.1, 0.15) is 0 Å². The lowest BCUT2D eigenvalue weighted by atomic mass is 9.76. The fraction of sp³-hybridized carbons (Fsp3) is 0.217. The smallest absolute Gasteiger partial charge is 0.269 e. The van der Waals surface area contributed by atoms with E-state index in [1.54, 1.807) is 42.6 Å². The Hall–Kier alpha value is -2.71. The number of carbonyl (C=O) groups excluding carboxylic acids is 1. The van der Waals surface area contributed by atoms with Crippen LogP contribution >= 0.6 is 15.9 Å². The number of pyridine rings is 1. The van der Waals surface area contributed by atoms with Gasteiger partial charge in [0, 0.05) is 27.7 Å². The molecule has 1 N–H and O–H groups in total. The Kier molecular flexibility index (Phi) is 4.50. The maximum absolute atomic E-state index is 13.7. The van der Waals surface area contributed by atoms with Crippen LogP contribution in [0.15, 0.2) is 75.9 Å². The summed E-state index contributed by atoms with van der Waals surface area (Å²) in [5, 5.41) is 3.68. The number of benzene rings is 1. The van der Waals surface area contributed by atoms with Crippen LogP contribution in [0.3, 0.4) is 0 Å². The Labute approximate surface area is 188 Å². The van der Waals surface area contributed by atoms with Crippen molar-refractivity contribution in [2.24, 2.45) is 11.3 Å². The molecule has 8 heteroatoms. The molecule has 5 rings (SSSR count). The molecule has 1 unspecified atom stereocenters. The number of hydrogen-bond acceptors (Lipinski definition) is 4. The highest BCUT2D eigenvalue weighted by molar-refractivity contribution is 9.10. The van der Waals surface area contributed by atoms with Crippen molar-refractivity contribution in [1.82, 2.24) is 14.3 Å². The number of aromatic nitrogens is 2. The van der Waals surface area contributed by atoms with E-state index in [2.05, 4.69) is 26.2 Å². The lowest BCUT2D eigenvalue weighted by Crippen LogP contribution is -2.28. The monoisotopic (exact) mass is 497 g/mol. The van der Waals surface area contributed by atoms with Crippen LogP contribution in [0.2, 0.25) is 0 Å². The molecule has 1 aliphatic carbocycles. The molecule has 1 amide bonds. The van der Waals surface area contributed by atoms with E-state index in [-0.39, 0.29) is 16.7 Å². The third-order valence-corrected chi connectivity index (χ3v) is 8.57. The Balaban J connectivity index is 1.74. The van der Waals surface area contributed by atoms with Gasteiger partial charge in [0.15, 0.2) is 5.65 Å². The van der Waals surface area contributed by atoms with E-state index in [0.29, 0.717) is 23.1 Å². The van der Waals surface area contributed by atoms with Gasteiger partial charge in [-0.25, -0.2) is 17.4 Å². The van der Waals surface area contributed by atoms with Crippen molar-refractivity contribution in [2.75, 3.05) is 0 Å². The summed E-state index contributed by atoms with van der Waals surface area (Å²) in [7, 11) is -3.90. The molecule has 3 aromatic rings. The summed E-state index contributed by atoms with van der Waals surface area (Å²) in [6.45, 7) is 3.87. The molecule has 3 heterocycles. The van der Waals surface area contributed by atoms with Crippen LogP contribution in [0.25, 0.3) is 16.6 Å². The summed E-state index contributed by atoms with van der Waals surface area (Å²) in [5.74, 6) is 0.0393. The van der Waals surface area contributed by atoms with Crippen LogP contribution in [0.5, 0.6) is 0 Å². The lowest BCUT2D eigenvalue weighted by Gasteiger charge is -2.25. The van der Waals surface area contributed by atoms with Crippen molar-refractivity contribution in [3.63, 3.8) is 0 Å². The number of hydrogen-bond donors (Lipinski definition) is 1. The SMILES string of the molecule is CC1(C)C(=O)NC2=CC(c3cc4c(Br)ccnc4n3S(=O)(=O)c3ccccc3)=CCC21. The van der Waals surface area contributed by atoms with Gasteiger partial charge in [0.2, 0.25) is 5.91 Å². The molecular weight excluding hydrogens is 478 g/mol. The molecule has 2 aliphatic rings. The van der Waals surface area contributed by atoms with E-state index < -0.39 is 15.4 Å². The molecule has 0 spiro atoms. The van der Waals surface area contributed by atoms with Gasteiger partial charge in [-0.15, -0.1) is 0 Å². The van der Waals surface area contributed by atoms with E-state index in [1.807, 2.05) is 32.1 Å². The number of amides is 1. The summed E-state index contributed by atoms with van der Waals surface area (Å²) >= 11 is 3.52. The maximum Gasteiger partial charge on any atom is 0.269 e. The Bertz CT molecular complexity index is 1400. The minimum atomic E-state index is -3.90. The van der Waals surface area contributed by atoms with Gasteiger partial charge >= 0.3 is 0 Å². The second-order valence-electron chi connectivity index (χ2n) is 8.37. The average molecular weight is 498 g/mol. The van der Waals surface area contributed by atoms with E-state index in [0.717, 1.165) is 15.7 Å². The molecule has 1 aromatic carbocycles. The Morgan fingerprint density at radius 2 is 1.94 bits per heavy atom. The van der Waals surface area contributed by atoms with E-state index in [1.165, 1.54) is 3.97 Å². The predicted octanol–water partition coefficient (Wildman–Crippen LogP) is 4.48. The van der Waals surface area contributed by atoms with Crippen molar-refractivity contribution in [1.29, 1.82) is 0 Å².